The van der Waals surface area contributed by atoms with Gasteiger partial charge in [0.15, 0.2) is 0 Å². The molecular weight excluding hydrogens is 260 g/mol. The summed E-state index contributed by atoms with van der Waals surface area (Å²) in [6.45, 7) is 3.36. The number of amides is 2. The molecule has 0 aromatic carbocycles. The Kier molecular flexibility index (Phi) is 6.67. The van der Waals surface area contributed by atoms with Crippen LogP contribution in [-0.4, -0.2) is 50.1 Å². The smallest absolute Gasteiger partial charge is 0.315 e. The second-order valence-corrected chi connectivity index (χ2v) is 6.61. The van der Waals surface area contributed by atoms with Gasteiger partial charge in [0, 0.05) is 18.8 Å². The van der Waals surface area contributed by atoms with Gasteiger partial charge in [-0.15, -0.1) is 0 Å². The first-order valence-electron chi connectivity index (χ1n) is 5.56. The van der Waals surface area contributed by atoms with Crippen molar-refractivity contribution in [2.75, 3.05) is 18.6 Å². The van der Waals surface area contributed by atoms with E-state index in [1.54, 1.807) is 13.8 Å². The van der Waals surface area contributed by atoms with Crippen molar-refractivity contribution in [1.82, 2.24) is 10.6 Å². The van der Waals surface area contributed by atoms with E-state index in [0.29, 0.717) is 6.42 Å². The van der Waals surface area contributed by atoms with Gasteiger partial charge < -0.3 is 15.7 Å². The molecule has 8 heteroatoms. The van der Waals surface area contributed by atoms with Gasteiger partial charge in [0.2, 0.25) is 0 Å². The molecule has 0 bridgehead atoms. The molecule has 0 aromatic heterocycles. The second kappa shape index (κ2) is 7.20. The van der Waals surface area contributed by atoms with Crippen molar-refractivity contribution in [1.29, 1.82) is 0 Å². The van der Waals surface area contributed by atoms with E-state index in [4.69, 9.17) is 5.11 Å². The van der Waals surface area contributed by atoms with E-state index in [9.17, 15) is 18.0 Å². The van der Waals surface area contributed by atoms with Gasteiger partial charge in [-0.05, 0) is 13.3 Å². The molecule has 2 unspecified atom stereocenters. The molecule has 0 radical (unpaired) electrons. The van der Waals surface area contributed by atoms with Crippen LogP contribution in [0, 0.1) is 5.92 Å². The molecule has 2 amide bonds. The first-order chi connectivity index (χ1) is 8.11. The molecule has 0 aliphatic heterocycles. The third-order valence-corrected chi connectivity index (χ3v) is 3.32. The van der Waals surface area contributed by atoms with Crippen molar-refractivity contribution in [2.24, 2.45) is 5.92 Å². The Hall–Kier alpha value is -1.31. The molecule has 0 saturated heterocycles. The lowest BCUT2D eigenvalue weighted by molar-refractivity contribution is -0.141. The van der Waals surface area contributed by atoms with Gasteiger partial charge in [0.25, 0.3) is 0 Å². The van der Waals surface area contributed by atoms with Crippen molar-refractivity contribution in [3.8, 4) is 0 Å². The number of hydrogen-bond acceptors (Lipinski definition) is 4. The van der Waals surface area contributed by atoms with Crippen molar-refractivity contribution in [3.63, 3.8) is 0 Å². The number of aliphatic carboxylic acids is 1. The number of nitrogens with one attached hydrogen (secondary N) is 2. The fourth-order valence-electron chi connectivity index (χ4n) is 1.30. The van der Waals surface area contributed by atoms with Crippen LogP contribution in [0.3, 0.4) is 0 Å². The normalized spacial score (nSPS) is 14.6. The van der Waals surface area contributed by atoms with E-state index < -0.39 is 33.8 Å². The molecular formula is C10H20N2O5S. The van der Waals surface area contributed by atoms with Gasteiger partial charge in [-0.1, -0.05) is 6.92 Å². The Balaban J connectivity index is 3.88. The maximum Gasteiger partial charge on any atom is 0.315 e. The van der Waals surface area contributed by atoms with Crippen LogP contribution in [0.15, 0.2) is 0 Å². The number of carboxylic acid groups (broad SMARTS) is 1. The fourth-order valence-corrected chi connectivity index (χ4v) is 2.29. The lowest BCUT2D eigenvalue weighted by Crippen LogP contribution is -2.44. The van der Waals surface area contributed by atoms with Crippen molar-refractivity contribution < 1.29 is 23.1 Å². The Morgan fingerprint density at radius 1 is 1.28 bits per heavy atom. The standard InChI is InChI=1S/C10H20N2O5S/c1-7(9(13)14)4-5-11-10(15)12-8(2)6-18(3,16)17/h7-8H,4-6H2,1-3H3,(H,13,14)(H2,11,12,15). The number of carbonyl (C=O) groups is 2. The first-order valence-corrected chi connectivity index (χ1v) is 7.62. The Morgan fingerprint density at radius 3 is 2.28 bits per heavy atom. The highest BCUT2D eigenvalue weighted by Crippen LogP contribution is 1.99. The molecule has 0 aliphatic rings. The zero-order valence-corrected chi connectivity index (χ0v) is 11.6. The summed E-state index contributed by atoms with van der Waals surface area (Å²) in [6.07, 6.45) is 1.42. The quantitative estimate of drug-likeness (QED) is 0.599. The summed E-state index contributed by atoms with van der Waals surface area (Å²) in [5, 5.41) is 13.6. The lowest BCUT2D eigenvalue weighted by Gasteiger charge is -2.14. The lowest BCUT2D eigenvalue weighted by atomic mass is 10.1. The first kappa shape index (κ1) is 16.7. The Morgan fingerprint density at radius 2 is 1.83 bits per heavy atom. The van der Waals surface area contributed by atoms with E-state index in [1.165, 1.54) is 0 Å². The van der Waals surface area contributed by atoms with E-state index >= 15 is 0 Å². The average Bonchev–Trinajstić information content (AvgIpc) is 2.13. The van der Waals surface area contributed by atoms with Gasteiger partial charge in [-0.2, -0.15) is 0 Å². The molecule has 0 fully saturated rings. The van der Waals surface area contributed by atoms with Crippen LogP contribution in [-0.2, 0) is 14.6 Å². The molecule has 0 aromatic rings. The second-order valence-electron chi connectivity index (χ2n) is 4.42. The van der Waals surface area contributed by atoms with E-state index in [1.807, 2.05) is 0 Å². The van der Waals surface area contributed by atoms with Crippen LogP contribution < -0.4 is 10.6 Å². The summed E-state index contributed by atoms with van der Waals surface area (Å²) >= 11 is 0. The number of hydrogen-bond donors (Lipinski definition) is 3. The summed E-state index contributed by atoms with van der Waals surface area (Å²) in [6, 6.07) is -0.986. The summed E-state index contributed by atoms with van der Waals surface area (Å²) in [5.41, 5.74) is 0. The maximum absolute atomic E-state index is 11.3. The molecule has 0 heterocycles. The third-order valence-electron chi connectivity index (χ3n) is 2.21. The minimum atomic E-state index is -3.13. The highest BCUT2D eigenvalue weighted by Gasteiger charge is 2.14. The van der Waals surface area contributed by atoms with Crippen molar-refractivity contribution in [3.05, 3.63) is 0 Å². The van der Waals surface area contributed by atoms with Crippen molar-refractivity contribution in [2.45, 2.75) is 26.3 Å². The molecule has 0 aliphatic carbocycles. The minimum absolute atomic E-state index is 0.133. The predicted molar refractivity (Wildman–Crippen MR) is 67.1 cm³/mol. The molecule has 2 atom stereocenters. The SMILES string of the molecule is CC(CS(C)(=O)=O)NC(=O)NCCC(C)C(=O)O. The highest BCUT2D eigenvalue weighted by atomic mass is 32.2. The zero-order chi connectivity index (χ0) is 14.3. The number of urea groups is 1. The largest absolute Gasteiger partial charge is 0.481 e. The van der Waals surface area contributed by atoms with Crippen molar-refractivity contribution >= 4 is 21.8 Å². The third kappa shape index (κ3) is 8.80. The molecule has 0 saturated carbocycles. The summed E-state index contributed by atoms with van der Waals surface area (Å²) in [7, 11) is -3.13. The molecule has 18 heavy (non-hydrogen) atoms. The van der Waals surface area contributed by atoms with Crippen LogP contribution >= 0.6 is 0 Å². The van der Waals surface area contributed by atoms with Gasteiger partial charge in [-0.3, -0.25) is 4.79 Å². The summed E-state index contributed by atoms with van der Waals surface area (Å²) in [5.74, 6) is -1.58. The Labute approximate surface area is 107 Å². The molecule has 7 nitrogen and oxygen atoms in total. The monoisotopic (exact) mass is 280 g/mol. The number of carbonyl (C=O) groups excluding carboxylic acids is 1. The average molecular weight is 280 g/mol. The van der Waals surface area contributed by atoms with Crippen LogP contribution in [0.2, 0.25) is 0 Å². The van der Waals surface area contributed by atoms with Gasteiger partial charge >= 0.3 is 12.0 Å². The zero-order valence-electron chi connectivity index (χ0n) is 10.8. The molecule has 0 rings (SSSR count). The molecule has 106 valence electrons. The topological polar surface area (TPSA) is 113 Å². The molecule has 3 N–H and O–H groups in total. The number of rotatable bonds is 7. The highest BCUT2D eigenvalue weighted by molar-refractivity contribution is 7.90. The van der Waals surface area contributed by atoms with Crippen LogP contribution in [0.1, 0.15) is 20.3 Å². The van der Waals surface area contributed by atoms with Gasteiger partial charge in [0.05, 0.1) is 11.7 Å². The van der Waals surface area contributed by atoms with Gasteiger partial charge in [-0.25, -0.2) is 13.2 Å². The predicted octanol–water partition coefficient (Wildman–Crippen LogP) is -0.170. The fraction of sp³-hybridized carbons (Fsp3) is 0.800. The summed E-state index contributed by atoms with van der Waals surface area (Å²) < 4.78 is 21.9. The minimum Gasteiger partial charge on any atom is -0.481 e. The molecule has 0 spiro atoms. The van der Waals surface area contributed by atoms with Crippen LogP contribution in [0.4, 0.5) is 4.79 Å². The van der Waals surface area contributed by atoms with Gasteiger partial charge in [0.1, 0.15) is 9.84 Å². The van der Waals surface area contributed by atoms with E-state index in [-0.39, 0.29) is 12.3 Å². The van der Waals surface area contributed by atoms with Crippen LogP contribution in [0.25, 0.3) is 0 Å². The van der Waals surface area contributed by atoms with Crippen LogP contribution in [0.5, 0.6) is 0 Å². The van der Waals surface area contributed by atoms with E-state index in [0.717, 1.165) is 6.26 Å². The van der Waals surface area contributed by atoms with E-state index in [2.05, 4.69) is 10.6 Å². The Bertz CT molecular complexity index is 393. The number of carboxylic acids is 1. The summed E-state index contributed by atoms with van der Waals surface area (Å²) in [4.78, 5) is 21.8. The maximum atomic E-state index is 11.3. The number of sulfone groups is 1.